The highest BCUT2D eigenvalue weighted by atomic mass is 16.5. The lowest BCUT2D eigenvalue weighted by Crippen LogP contribution is -1.93. The van der Waals surface area contributed by atoms with Gasteiger partial charge < -0.3 is 9.47 Å². The zero-order valence-corrected chi connectivity index (χ0v) is 8.02. The zero-order chi connectivity index (χ0) is 9.97. The van der Waals surface area contributed by atoms with Gasteiger partial charge in [-0.15, -0.1) is 0 Å². The Morgan fingerprint density at radius 1 is 1.21 bits per heavy atom. The van der Waals surface area contributed by atoms with Crippen LogP contribution in [0.2, 0.25) is 0 Å². The molecule has 2 aromatic heterocycles. The first kappa shape index (κ1) is 8.74. The molecule has 0 N–H and O–H groups in total. The van der Waals surface area contributed by atoms with Crippen molar-refractivity contribution in [3.63, 3.8) is 0 Å². The summed E-state index contributed by atoms with van der Waals surface area (Å²) in [5.74, 6) is 1.20. The molecule has 0 atom stereocenters. The lowest BCUT2D eigenvalue weighted by atomic mass is 10.3. The Hall–Kier alpha value is -1.84. The average molecular weight is 190 g/mol. The Kier molecular flexibility index (Phi) is 2.18. The van der Waals surface area contributed by atoms with Crippen LogP contribution in [-0.4, -0.2) is 24.2 Å². The molecular formula is C10H10N2O2. The molecule has 0 saturated heterocycles. The molecule has 0 radical (unpaired) electrons. The van der Waals surface area contributed by atoms with E-state index in [1.165, 1.54) is 0 Å². The normalized spacial score (nSPS) is 10.1. The number of rotatable bonds is 2. The molecule has 0 unspecified atom stereocenters. The minimum absolute atomic E-state index is 0.530. The van der Waals surface area contributed by atoms with Crippen LogP contribution >= 0.6 is 0 Å². The van der Waals surface area contributed by atoms with Gasteiger partial charge in [-0.3, -0.25) is 4.98 Å². The molecule has 0 amide bonds. The standard InChI is InChI=1S/C10H10N2O2/c1-13-8-6-9(14-2)12-7-4-3-5-11-10(7)8/h3-6H,1-2H3. The summed E-state index contributed by atoms with van der Waals surface area (Å²) in [6, 6.07) is 5.41. The molecule has 0 fully saturated rings. The van der Waals surface area contributed by atoms with Crippen LogP contribution in [0.25, 0.3) is 11.0 Å². The van der Waals surface area contributed by atoms with Crippen molar-refractivity contribution in [3.8, 4) is 11.6 Å². The number of fused-ring (bicyclic) bond motifs is 1. The lowest BCUT2D eigenvalue weighted by molar-refractivity contribution is 0.386. The molecule has 0 aliphatic heterocycles. The SMILES string of the molecule is COc1cc(OC)c2ncccc2n1. The predicted molar refractivity (Wildman–Crippen MR) is 52.6 cm³/mol. The Balaban J connectivity index is 2.73. The summed E-state index contributed by atoms with van der Waals surface area (Å²) < 4.78 is 10.2. The van der Waals surface area contributed by atoms with E-state index in [1.807, 2.05) is 12.1 Å². The number of hydrogen-bond donors (Lipinski definition) is 0. The van der Waals surface area contributed by atoms with Crippen molar-refractivity contribution in [2.75, 3.05) is 14.2 Å². The van der Waals surface area contributed by atoms with E-state index in [-0.39, 0.29) is 0 Å². The summed E-state index contributed by atoms with van der Waals surface area (Å²) in [6.45, 7) is 0. The fourth-order valence-corrected chi connectivity index (χ4v) is 1.27. The fraction of sp³-hybridized carbons (Fsp3) is 0.200. The van der Waals surface area contributed by atoms with E-state index in [0.717, 1.165) is 11.0 Å². The number of aromatic nitrogens is 2. The minimum Gasteiger partial charge on any atom is -0.494 e. The van der Waals surface area contributed by atoms with Gasteiger partial charge in [0.15, 0.2) is 5.75 Å². The first-order valence-electron chi connectivity index (χ1n) is 4.19. The van der Waals surface area contributed by atoms with Crippen LogP contribution in [0, 0.1) is 0 Å². The summed E-state index contributed by atoms with van der Waals surface area (Å²) in [5, 5.41) is 0. The van der Waals surface area contributed by atoms with Crippen molar-refractivity contribution in [2.24, 2.45) is 0 Å². The molecule has 0 saturated carbocycles. The van der Waals surface area contributed by atoms with E-state index in [1.54, 1.807) is 26.5 Å². The third-order valence-corrected chi connectivity index (χ3v) is 1.93. The number of hydrogen-bond acceptors (Lipinski definition) is 4. The van der Waals surface area contributed by atoms with Crippen molar-refractivity contribution in [2.45, 2.75) is 0 Å². The molecule has 0 aromatic carbocycles. The Labute approximate surface area is 81.5 Å². The van der Waals surface area contributed by atoms with Crippen molar-refractivity contribution in [3.05, 3.63) is 24.4 Å². The number of methoxy groups -OCH3 is 2. The van der Waals surface area contributed by atoms with Gasteiger partial charge in [0.25, 0.3) is 0 Å². The van der Waals surface area contributed by atoms with Gasteiger partial charge in [0.1, 0.15) is 5.52 Å². The van der Waals surface area contributed by atoms with Crippen LogP contribution in [0.5, 0.6) is 11.6 Å². The molecule has 0 spiro atoms. The van der Waals surface area contributed by atoms with Gasteiger partial charge in [0, 0.05) is 12.3 Å². The van der Waals surface area contributed by atoms with Gasteiger partial charge in [-0.1, -0.05) is 0 Å². The van der Waals surface area contributed by atoms with Crippen molar-refractivity contribution >= 4 is 11.0 Å². The van der Waals surface area contributed by atoms with Crippen LogP contribution in [0.4, 0.5) is 0 Å². The first-order chi connectivity index (χ1) is 6.85. The third kappa shape index (κ3) is 1.35. The van der Waals surface area contributed by atoms with Gasteiger partial charge >= 0.3 is 0 Å². The Morgan fingerprint density at radius 3 is 2.79 bits per heavy atom. The van der Waals surface area contributed by atoms with Crippen LogP contribution in [-0.2, 0) is 0 Å². The minimum atomic E-state index is 0.530. The fourth-order valence-electron chi connectivity index (χ4n) is 1.27. The summed E-state index contributed by atoms with van der Waals surface area (Å²) in [4.78, 5) is 8.42. The second-order valence-electron chi connectivity index (χ2n) is 2.74. The topological polar surface area (TPSA) is 44.2 Å². The third-order valence-electron chi connectivity index (χ3n) is 1.93. The number of pyridine rings is 2. The van der Waals surface area contributed by atoms with Gasteiger partial charge in [-0.05, 0) is 12.1 Å². The van der Waals surface area contributed by atoms with Crippen LogP contribution in [0.1, 0.15) is 0 Å². The van der Waals surface area contributed by atoms with E-state index in [4.69, 9.17) is 9.47 Å². The maximum Gasteiger partial charge on any atom is 0.217 e. The van der Waals surface area contributed by atoms with E-state index in [0.29, 0.717) is 11.6 Å². The maximum absolute atomic E-state index is 5.19. The average Bonchev–Trinajstić information content (AvgIpc) is 2.27. The van der Waals surface area contributed by atoms with Crippen molar-refractivity contribution < 1.29 is 9.47 Å². The van der Waals surface area contributed by atoms with E-state index in [2.05, 4.69) is 9.97 Å². The molecule has 2 rings (SSSR count). The van der Waals surface area contributed by atoms with Crippen LogP contribution < -0.4 is 9.47 Å². The molecule has 0 bridgehead atoms. The molecule has 4 heteroatoms. The van der Waals surface area contributed by atoms with E-state index in [9.17, 15) is 0 Å². The highest BCUT2D eigenvalue weighted by Crippen LogP contribution is 2.25. The number of nitrogens with zero attached hydrogens (tertiary/aromatic N) is 2. The predicted octanol–water partition coefficient (Wildman–Crippen LogP) is 1.65. The molecule has 2 aromatic rings. The maximum atomic E-state index is 5.19. The van der Waals surface area contributed by atoms with E-state index < -0.39 is 0 Å². The molecule has 2 heterocycles. The lowest BCUT2D eigenvalue weighted by Gasteiger charge is -2.05. The molecule has 0 aliphatic rings. The second kappa shape index (κ2) is 3.49. The first-order valence-corrected chi connectivity index (χ1v) is 4.19. The summed E-state index contributed by atoms with van der Waals surface area (Å²) in [6.07, 6.45) is 1.71. The smallest absolute Gasteiger partial charge is 0.217 e. The zero-order valence-electron chi connectivity index (χ0n) is 8.02. The highest BCUT2D eigenvalue weighted by molar-refractivity contribution is 5.81. The molecule has 72 valence electrons. The van der Waals surface area contributed by atoms with E-state index >= 15 is 0 Å². The molecule has 4 nitrogen and oxygen atoms in total. The molecule has 14 heavy (non-hydrogen) atoms. The summed E-state index contributed by atoms with van der Waals surface area (Å²) in [5.41, 5.74) is 1.51. The monoisotopic (exact) mass is 190 g/mol. The Morgan fingerprint density at radius 2 is 2.07 bits per heavy atom. The largest absolute Gasteiger partial charge is 0.494 e. The highest BCUT2D eigenvalue weighted by Gasteiger charge is 2.06. The summed E-state index contributed by atoms with van der Waals surface area (Å²) in [7, 11) is 3.17. The van der Waals surface area contributed by atoms with Crippen LogP contribution in [0.3, 0.4) is 0 Å². The van der Waals surface area contributed by atoms with Gasteiger partial charge in [-0.25, -0.2) is 4.98 Å². The van der Waals surface area contributed by atoms with Gasteiger partial charge in [-0.2, -0.15) is 0 Å². The van der Waals surface area contributed by atoms with Crippen molar-refractivity contribution in [1.29, 1.82) is 0 Å². The van der Waals surface area contributed by atoms with Gasteiger partial charge in [0.05, 0.1) is 19.7 Å². The quantitative estimate of drug-likeness (QED) is 0.722. The van der Waals surface area contributed by atoms with Crippen LogP contribution in [0.15, 0.2) is 24.4 Å². The van der Waals surface area contributed by atoms with Gasteiger partial charge in [0.2, 0.25) is 5.88 Å². The summed E-state index contributed by atoms with van der Waals surface area (Å²) >= 11 is 0. The second-order valence-corrected chi connectivity index (χ2v) is 2.74. The Bertz CT molecular complexity index is 457. The molecular weight excluding hydrogens is 180 g/mol. The van der Waals surface area contributed by atoms with Crippen molar-refractivity contribution in [1.82, 2.24) is 9.97 Å². The number of ether oxygens (including phenoxy) is 2. The molecule has 0 aliphatic carbocycles.